The summed E-state index contributed by atoms with van der Waals surface area (Å²) in [6.45, 7) is 8.45. The van der Waals surface area contributed by atoms with E-state index in [0.717, 1.165) is 64.3 Å². The first-order valence-electron chi connectivity index (χ1n) is 9.55. The lowest BCUT2D eigenvalue weighted by Crippen LogP contribution is -2.49. The molecule has 2 fully saturated rings. The first kappa shape index (κ1) is 18.7. The maximum absolute atomic E-state index is 13.3. The molecule has 3 rings (SSSR count). The maximum Gasteiger partial charge on any atom is 0.222 e. The SMILES string of the molecule is CCN1CCN(C(=O)CC2CCN(c3ccc(F)cc3C#N)CC2)CC1. The van der Waals surface area contributed by atoms with E-state index >= 15 is 0 Å². The van der Waals surface area contributed by atoms with Gasteiger partial charge >= 0.3 is 0 Å². The van der Waals surface area contributed by atoms with Crippen LogP contribution in [0.5, 0.6) is 0 Å². The zero-order valence-corrected chi connectivity index (χ0v) is 15.5. The van der Waals surface area contributed by atoms with Crippen molar-refractivity contribution >= 4 is 11.6 Å². The van der Waals surface area contributed by atoms with E-state index in [1.165, 1.54) is 12.1 Å². The Labute approximate surface area is 155 Å². The van der Waals surface area contributed by atoms with Gasteiger partial charge in [-0.3, -0.25) is 4.79 Å². The van der Waals surface area contributed by atoms with Crippen LogP contribution in [0.3, 0.4) is 0 Å². The summed E-state index contributed by atoms with van der Waals surface area (Å²) in [5.41, 5.74) is 1.18. The summed E-state index contributed by atoms with van der Waals surface area (Å²) >= 11 is 0. The molecule has 0 saturated carbocycles. The zero-order chi connectivity index (χ0) is 18.5. The zero-order valence-electron chi connectivity index (χ0n) is 15.5. The Bertz CT molecular complexity index is 671. The van der Waals surface area contributed by atoms with Gasteiger partial charge in [0.1, 0.15) is 11.9 Å². The number of hydrogen-bond acceptors (Lipinski definition) is 4. The number of halogens is 1. The number of hydrogen-bond donors (Lipinski definition) is 0. The molecular weight excluding hydrogens is 331 g/mol. The molecule has 0 aliphatic carbocycles. The fourth-order valence-electron chi connectivity index (χ4n) is 3.94. The second kappa shape index (κ2) is 8.50. The number of rotatable bonds is 4. The van der Waals surface area contributed by atoms with Gasteiger partial charge in [-0.05, 0) is 43.5 Å². The monoisotopic (exact) mass is 358 g/mol. The highest BCUT2D eigenvalue weighted by molar-refractivity contribution is 5.76. The predicted molar refractivity (Wildman–Crippen MR) is 99.4 cm³/mol. The molecule has 2 aliphatic rings. The average molecular weight is 358 g/mol. The summed E-state index contributed by atoms with van der Waals surface area (Å²) in [4.78, 5) is 19.1. The largest absolute Gasteiger partial charge is 0.370 e. The Kier molecular flexibility index (Phi) is 6.10. The molecule has 6 heteroatoms. The smallest absolute Gasteiger partial charge is 0.222 e. The summed E-state index contributed by atoms with van der Waals surface area (Å²) in [5, 5.41) is 9.23. The van der Waals surface area contributed by atoms with Crippen LogP contribution in [0.25, 0.3) is 0 Å². The number of piperazine rings is 1. The van der Waals surface area contributed by atoms with Crippen molar-refractivity contribution in [3.05, 3.63) is 29.6 Å². The fraction of sp³-hybridized carbons (Fsp3) is 0.600. The lowest BCUT2D eigenvalue weighted by Gasteiger charge is -2.37. The molecule has 1 aromatic carbocycles. The number of likely N-dealkylation sites (N-methyl/N-ethyl adjacent to an activating group) is 1. The lowest BCUT2D eigenvalue weighted by atomic mass is 9.92. The molecule has 0 aromatic heterocycles. The highest BCUT2D eigenvalue weighted by Crippen LogP contribution is 2.28. The Balaban J connectivity index is 1.50. The quantitative estimate of drug-likeness (QED) is 0.830. The first-order chi connectivity index (χ1) is 12.6. The number of benzene rings is 1. The van der Waals surface area contributed by atoms with Gasteiger partial charge in [0.2, 0.25) is 5.91 Å². The molecule has 0 N–H and O–H groups in total. The second-order valence-electron chi connectivity index (χ2n) is 7.22. The van der Waals surface area contributed by atoms with Gasteiger partial charge in [0.05, 0.1) is 11.3 Å². The minimum Gasteiger partial charge on any atom is -0.370 e. The third-order valence-corrected chi connectivity index (χ3v) is 5.67. The molecule has 0 spiro atoms. The number of anilines is 1. The summed E-state index contributed by atoms with van der Waals surface area (Å²) in [5.74, 6) is 0.293. The summed E-state index contributed by atoms with van der Waals surface area (Å²) in [6.07, 6.45) is 2.49. The van der Waals surface area contributed by atoms with Crippen LogP contribution < -0.4 is 4.90 Å². The Morgan fingerprint density at radius 3 is 2.50 bits per heavy atom. The van der Waals surface area contributed by atoms with Crippen molar-refractivity contribution in [1.82, 2.24) is 9.80 Å². The van der Waals surface area contributed by atoms with E-state index < -0.39 is 0 Å². The van der Waals surface area contributed by atoms with Crippen LogP contribution in [0.2, 0.25) is 0 Å². The molecule has 1 amide bonds. The van der Waals surface area contributed by atoms with E-state index in [1.807, 2.05) is 4.90 Å². The van der Waals surface area contributed by atoms with Gasteiger partial charge in [-0.1, -0.05) is 6.92 Å². The van der Waals surface area contributed by atoms with Gasteiger partial charge in [-0.25, -0.2) is 4.39 Å². The number of nitriles is 1. The van der Waals surface area contributed by atoms with E-state index in [9.17, 15) is 14.4 Å². The number of nitrogens with zero attached hydrogens (tertiary/aromatic N) is 4. The van der Waals surface area contributed by atoms with Crippen LogP contribution >= 0.6 is 0 Å². The minimum atomic E-state index is -0.381. The minimum absolute atomic E-state index is 0.277. The van der Waals surface area contributed by atoms with Gasteiger partial charge in [0, 0.05) is 45.7 Å². The molecule has 0 bridgehead atoms. The Morgan fingerprint density at radius 2 is 1.88 bits per heavy atom. The van der Waals surface area contributed by atoms with Crippen LogP contribution in [0, 0.1) is 23.1 Å². The van der Waals surface area contributed by atoms with Crippen LogP contribution in [0.1, 0.15) is 31.7 Å². The summed E-state index contributed by atoms with van der Waals surface area (Å²) < 4.78 is 13.3. The standard InChI is InChI=1S/C20H27FN4O/c1-2-23-9-11-25(12-10-23)20(26)13-16-5-7-24(8-6-16)19-4-3-18(21)14-17(19)15-22/h3-4,14,16H,2,5-13H2,1H3. The Hall–Kier alpha value is -2.13. The second-order valence-corrected chi connectivity index (χ2v) is 7.22. The third kappa shape index (κ3) is 4.34. The van der Waals surface area contributed by atoms with E-state index in [4.69, 9.17) is 0 Å². The molecule has 140 valence electrons. The van der Waals surface area contributed by atoms with Crippen LogP contribution in [0.15, 0.2) is 18.2 Å². The highest BCUT2D eigenvalue weighted by atomic mass is 19.1. The van der Waals surface area contributed by atoms with E-state index in [0.29, 0.717) is 17.9 Å². The fourth-order valence-corrected chi connectivity index (χ4v) is 3.94. The first-order valence-corrected chi connectivity index (χ1v) is 9.55. The molecule has 1 aromatic rings. The van der Waals surface area contributed by atoms with Crippen molar-refractivity contribution in [2.75, 3.05) is 50.7 Å². The molecule has 2 heterocycles. The number of amides is 1. The molecule has 0 unspecified atom stereocenters. The van der Waals surface area contributed by atoms with Crippen molar-refractivity contribution < 1.29 is 9.18 Å². The summed E-state index contributed by atoms with van der Waals surface area (Å²) in [7, 11) is 0. The number of carbonyl (C=O) groups is 1. The predicted octanol–water partition coefficient (Wildman–Crippen LogP) is 2.47. The molecule has 26 heavy (non-hydrogen) atoms. The molecule has 5 nitrogen and oxygen atoms in total. The number of piperidine rings is 1. The maximum atomic E-state index is 13.3. The van der Waals surface area contributed by atoms with Crippen molar-refractivity contribution in [2.24, 2.45) is 5.92 Å². The van der Waals surface area contributed by atoms with Crippen LogP contribution in [-0.2, 0) is 4.79 Å². The average Bonchev–Trinajstić information content (AvgIpc) is 2.68. The van der Waals surface area contributed by atoms with E-state index in [-0.39, 0.29) is 11.7 Å². The molecular formula is C20H27FN4O. The third-order valence-electron chi connectivity index (χ3n) is 5.67. The van der Waals surface area contributed by atoms with Gasteiger partial charge in [0.15, 0.2) is 0 Å². The molecule has 0 radical (unpaired) electrons. The van der Waals surface area contributed by atoms with Crippen molar-refractivity contribution in [3.63, 3.8) is 0 Å². The van der Waals surface area contributed by atoms with E-state index in [2.05, 4.69) is 22.8 Å². The van der Waals surface area contributed by atoms with E-state index in [1.54, 1.807) is 6.07 Å². The van der Waals surface area contributed by atoms with Gasteiger partial charge in [-0.2, -0.15) is 5.26 Å². The van der Waals surface area contributed by atoms with Crippen molar-refractivity contribution in [3.8, 4) is 6.07 Å². The lowest BCUT2D eigenvalue weighted by molar-refractivity contribution is -0.134. The number of carbonyl (C=O) groups excluding carboxylic acids is 1. The molecule has 0 atom stereocenters. The Morgan fingerprint density at radius 1 is 1.19 bits per heavy atom. The summed E-state index contributed by atoms with van der Waals surface area (Å²) in [6, 6.07) is 6.47. The molecule has 2 aliphatic heterocycles. The van der Waals surface area contributed by atoms with Crippen LogP contribution in [0.4, 0.5) is 10.1 Å². The highest BCUT2D eigenvalue weighted by Gasteiger charge is 2.26. The van der Waals surface area contributed by atoms with Gasteiger partial charge in [-0.15, -0.1) is 0 Å². The topological polar surface area (TPSA) is 50.6 Å². The molecule has 2 saturated heterocycles. The van der Waals surface area contributed by atoms with Gasteiger partial charge < -0.3 is 14.7 Å². The van der Waals surface area contributed by atoms with Gasteiger partial charge in [0.25, 0.3) is 0 Å². The van der Waals surface area contributed by atoms with Crippen molar-refractivity contribution in [1.29, 1.82) is 5.26 Å². The normalized spacial score (nSPS) is 19.4. The van der Waals surface area contributed by atoms with Crippen molar-refractivity contribution in [2.45, 2.75) is 26.2 Å². The van der Waals surface area contributed by atoms with Crippen LogP contribution in [-0.4, -0.2) is 61.5 Å².